The van der Waals surface area contributed by atoms with Crippen molar-refractivity contribution in [3.05, 3.63) is 42.1 Å². The quantitative estimate of drug-likeness (QED) is 0.718. The molecule has 0 bridgehead atoms. The van der Waals surface area contributed by atoms with Gasteiger partial charge in [-0.25, -0.2) is 0 Å². The van der Waals surface area contributed by atoms with Crippen molar-refractivity contribution in [1.82, 2.24) is 15.2 Å². The lowest BCUT2D eigenvalue weighted by molar-refractivity contribution is -0.146. The van der Waals surface area contributed by atoms with Crippen molar-refractivity contribution in [2.24, 2.45) is 11.3 Å². The summed E-state index contributed by atoms with van der Waals surface area (Å²) < 4.78 is 5.52. The van der Waals surface area contributed by atoms with Crippen LogP contribution in [0.4, 0.5) is 0 Å². The lowest BCUT2D eigenvalue weighted by Gasteiger charge is -2.30. The smallest absolute Gasteiger partial charge is 0.251 e. The van der Waals surface area contributed by atoms with Gasteiger partial charge in [-0.15, -0.1) is 0 Å². The maximum Gasteiger partial charge on any atom is 0.251 e. The van der Waals surface area contributed by atoms with Crippen molar-refractivity contribution < 1.29 is 19.1 Å². The molecule has 0 radical (unpaired) electrons. The molecule has 1 N–H and O–H groups in total. The number of rotatable bonds is 7. The first-order valence-electron chi connectivity index (χ1n) is 11.5. The molecule has 1 aromatic carbocycles. The molecule has 4 rings (SSSR count). The number of amides is 2. The fourth-order valence-corrected chi connectivity index (χ4v) is 4.99. The number of nitrogens with zero attached hydrogens (tertiary/aromatic N) is 2. The van der Waals surface area contributed by atoms with Crippen LogP contribution in [0.1, 0.15) is 56.3 Å². The molecular formula is C25H31N3O4. The van der Waals surface area contributed by atoms with E-state index in [4.69, 9.17) is 4.74 Å². The standard InChI is InChI=1S/C25H31N3O4/c1-3-28(22-14-20(29)16-32-22)24(31)19-8-9-25(2,15-19)10-12-27-23(30)18-6-7-21-17(13-18)5-4-11-26-21/h4-7,11,13,19,22H,3,8-10,12,14-16H2,1-2H3,(H,27,30)/t19-,22-,25+/m0/s1. The zero-order chi connectivity index (χ0) is 22.7. The average Bonchev–Trinajstić information content (AvgIpc) is 3.40. The van der Waals surface area contributed by atoms with Crippen LogP contribution in [-0.2, 0) is 14.3 Å². The lowest BCUT2D eigenvalue weighted by atomic mass is 9.84. The Morgan fingerprint density at radius 3 is 2.91 bits per heavy atom. The molecule has 1 saturated heterocycles. The zero-order valence-corrected chi connectivity index (χ0v) is 18.8. The molecule has 0 unspecified atom stereocenters. The van der Waals surface area contributed by atoms with Crippen molar-refractivity contribution in [2.45, 2.75) is 52.2 Å². The summed E-state index contributed by atoms with van der Waals surface area (Å²) in [5, 5.41) is 3.97. The van der Waals surface area contributed by atoms with Crippen molar-refractivity contribution in [2.75, 3.05) is 19.7 Å². The van der Waals surface area contributed by atoms with E-state index in [0.717, 1.165) is 36.6 Å². The molecule has 7 heteroatoms. The topological polar surface area (TPSA) is 88.6 Å². The van der Waals surface area contributed by atoms with Gasteiger partial charge in [-0.05, 0) is 62.3 Å². The highest BCUT2D eigenvalue weighted by Crippen LogP contribution is 2.44. The highest BCUT2D eigenvalue weighted by Gasteiger charge is 2.41. The van der Waals surface area contributed by atoms with E-state index in [2.05, 4.69) is 17.2 Å². The minimum atomic E-state index is -0.414. The highest BCUT2D eigenvalue weighted by molar-refractivity contribution is 5.97. The largest absolute Gasteiger partial charge is 0.352 e. The first-order valence-corrected chi connectivity index (χ1v) is 11.5. The van der Waals surface area contributed by atoms with Crippen LogP contribution >= 0.6 is 0 Å². The van der Waals surface area contributed by atoms with E-state index in [9.17, 15) is 14.4 Å². The maximum atomic E-state index is 13.1. The number of nitrogens with one attached hydrogen (secondary N) is 1. The number of ether oxygens (including phenoxy) is 1. The van der Waals surface area contributed by atoms with Gasteiger partial charge in [-0.3, -0.25) is 19.4 Å². The summed E-state index contributed by atoms with van der Waals surface area (Å²) in [7, 11) is 0. The predicted molar refractivity (Wildman–Crippen MR) is 121 cm³/mol. The first-order chi connectivity index (χ1) is 15.4. The summed E-state index contributed by atoms with van der Waals surface area (Å²) >= 11 is 0. The van der Waals surface area contributed by atoms with Crippen LogP contribution in [-0.4, -0.2) is 53.4 Å². The van der Waals surface area contributed by atoms with Gasteiger partial charge < -0.3 is 15.0 Å². The van der Waals surface area contributed by atoms with Gasteiger partial charge in [0, 0.05) is 36.2 Å². The molecule has 2 amide bonds. The van der Waals surface area contributed by atoms with Crippen LogP contribution in [0.3, 0.4) is 0 Å². The van der Waals surface area contributed by atoms with E-state index in [0.29, 0.717) is 25.1 Å². The third kappa shape index (κ3) is 4.83. The molecule has 32 heavy (non-hydrogen) atoms. The number of fused-ring (bicyclic) bond motifs is 1. The second kappa shape index (κ2) is 9.36. The Balaban J connectivity index is 1.29. The lowest BCUT2D eigenvalue weighted by Crippen LogP contribution is -2.43. The normalized spacial score (nSPS) is 25.2. The number of hydrogen-bond acceptors (Lipinski definition) is 5. The van der Waals surface area contributed by atoms with Crippen molar-refractivity contribution in [3.63, 3.8) is 0 Å². The molecule has 2 aromatic rings. The number of pyridine rings is 1. The molecule has 1 aromatic heterocycles. The molecule has 1 saturated carbocycles. The van der Waals surface area contributed by atoms with Gasteiger partial charge in [0.25, 0.3) is 5.91 Å². The van der Waals surface area contributed by atoms with Gasteiger partial charge in [0.2, 0.25) is 5.91 Å². The number of aromatic nitrogens is 1. The number of hydrogen-bond donors (Lipinski definition) is 1. The van der Waals surface area contributed by atoms with E-state index in [1.54, 1.807) is 17.2 Å². The minimum absolute atomic E-state index is 0.00662. The van der Waals surface area contributed by atoms with Crippen LogP contribution in [0.5, 0.6) is 0 Å². The molecular weight excluding hydrogens is 406 g/mol. The molecule has 1 aliphatic carbocycles. The van der Waals surface area contributed by atoms with Gasteiger partial charge >= 0.3 is 0 Å². The van der Waals surface area contributed by atoms with Crippen molar-refractivity contribution in [1.29, 1.82) is 0 Å². The summed E-state index contributed by atoms with van der Waals surface area (Å²) in [6.45, 7) is 5.33. The average molecular weight is 438 g/mol. The molecule has 7 nitrogen and oxygen atoms in total. The van der Waals surface area contributed by atoms with Crippen LogP contribution in [0.25, 0.3) is 10.9 Å². The number of carbonyl (C=O) groups excluding carboxylic acids is 3. The monoisotopic (exact) mass is 437 g/mol. The van der Waals surface area contributed by atoms with E-state index in [1.807, 2.05) is 31.2 Å². The highest BCUT2D eigenvalue weighted by atomic mass is 16.5. The Morgan fingerprint density at radius 2 is 2.16 bits per heavy atom. The van der Waals surface area contributed by atoms with Gasteiger partial charge in [-0.2, -0.15) is 0 Å². The molecule has 2 fully saturated rings. The predicted octanol–water partition coefficient (Wildman–Crippen LogP) is 3.33. The van der Waals surface area contributed by atoms with Gasteiger partial charge in [0.1, 0.15) is 12.8 Å². The van der Waals surface area contributed by atoms with E-state index in [-0.39, 0.29) is 35.5 Å². The van der Waals surface area contributed by atoms with Gasteiger partial charge in [0.05, 0.1) is 11.9 Å². The number of Topliss-reactive ketones (excluding diaryl/α,β-unsaturated/α-hetero) is 1. The third-order valence-corrected chi connectivity index (χ3v) is 6.87. The molecule has 2 heterocycles. The van der Waals surface area contributed by atoms with Crippen molar-refractivity contribution >= 4 is 28.5 Å². The Hall–Kier alpha value is -2.80. The van der Waals surface area contributed by atoms with Crippen LogP contribution in [0, 0.1) is 11.3 Å². The van der Waals surface area contributed by atoms with Gasteiger partial charge in [0.15, 0.2) is 5.78 Å². The van der Waals surface area contributed by atoms with Crippen LogP contribution in [0.2, 0.25) is 0 Å². The van der Waals surface area contributed by atoms with Crippen molar-refractivity contribution in [3.8, 4) is 0 Å². The third-order valence-electron chi connectivity index (χ3n) is 6.87. The fraction of sp³-hybridized carbons (Fsp3) is 0.520. The Labute approximate surface area is 188 Å². The van der Waals surface area contributed by atoms with Gasteiger partial charge in [-0.1, -0.05) is 13.0 Å². The summed E-state index contributed by atoms with van der Waals surface area (Å²) in [6.07, 6.45) is 5.01. The number of carbonyl (C=O) groups is 3. The molecule has 1 aliphatic heterocycles. The Bertz CT molecular complexity index is 1020. The van der Waals surface area contributed by atoms with Crippen LogP contribution in [0.15, 0.2) is 36.5 Å². The Morgan fingerprint density at radius 1 is 1.31 bits per heavy atom. The summed E-state index contributed by atoms with van der Waals surface area (Å²) in [4.78, 5) is 43.3. The molecule has 2 aliphatic rings. The minimum Gasteiger partial charge on any atom is -0.352 e. The van der Waals surface area contributed by atoms with E-state index >= 15 is 0 Å². The number of benzene rings is 1. The second-order valence-electron chi connectivity index (χ2n) is 9.30. The van der Waals surface area contributed by atoms with E-state index < -0.39 is 6.23 Å². The number of ketones is 1. The molecule has 0 spiro atoms. The fourth-order valence-electron chi connectivity index (χ4n) is 4.99. The summed E-state index contributed by atoms with van der Waals surface area (Å²) in [5.41, 5.74) is 1.50. The van der Waals surface area contributed by atoms with E-state index in [1.165, 1.54) is 0 Å². The Kier molecular flexibility index (Phi) is 6.55. The second-order valence-corrected chi connectivity index (χ2v) is 9.30. The SMILES string of the molecule is CCN(C(=O)[C@H]1CC[C@](C)(CCNC(=O)c2ccc3ncccc3c2)C1)[C@@H]1CC(=O)CO1. The van der Waals surface area contributed by atoms with Crippen LogP contribution < -0.4 is 5.32 Å². The molecule has 170 valence electrons. The maximum absolute atomic E-state index is 13.1. The summed E-state index contributed by atoms with van der Waals surface area (Å²) in [5.74, 6) is -0.00575. The molecule has 3 atom stereocenters. The first kappa shape index (κ1) is 22.4. The summed E-state index contributed by atoms with van der Waals surface area (Å²) in [6, 6.07) is 9.32. The zero-order valence-electron chi connectivity index (χ0n) is 18.8.